The van der Waals surface area contributed by atoms with Crippen LogP contribution in [0.2, 0.25) is 0 Å². The van der Waals surface area contributed by atoms with Crippen molar-refractivity contribution in [1.29, 1.82) is 0 Å². The van der Waals surface area contributed by atoms with Gasteiger partial charge in [0.1, 0.15) is 0 Å². The average molecular weight is 213 g/mol. The van der Waals surface area contributed by atoms with Crippen molar-refractivity contribution >= 4 is 0 Å². The molecular formula is C13H27NO. The van der Waals surface area contributed by atoms with Gasteiger partial charge >= 0.3 is 0 Å². The molecule has 0 amide bonds. The van der Waals surface area contributed by atoms with E-state index in [1.54, 1.807) is 0 Å². The lowest BCUT2D eigenvalue weighted by molar-refractivity contribution is 0.00198. The van der Waals surface area contributed by atoms with Crippen LogP contribution in [0.25, 0.3) is 0 Å². The highest BCUT2D eigenvalue weighted by Gasteiger charge is 2.18. The Balaban J connectivity index is 2.04. The summed E-state index contributed by atoms with van der Waals surface area (Å²) in [6, 6.07) is 0.629. The second-order valence-corrected chi connectivity index (χ2v) is 4.95. The van der Waals surface area contributed by atoms with Crippen LogP contribution in [0.4, 0.5) is 0 Å². The van der Waals surface area contributed by atoms with Crippen LogP contribution in [0.15, 0.2) is 0 Å². The zero-order valence-corrected chi connectivity index (χ0v) is 10.6. The smallest absolute Gasteiger partial charge is 0.0675 e. The number of hydrogen-bond donors (Lipinski definition) is 1. The van der Waals surface area contributed by atoms with Crippen molar-refractivity contribution < 1.29 is 4.74 Å². The van der Waals surface area contributed by atoms with Crippen LogP contribution >= 0.6 is 0 Å². The Kier molecular flexibility index (Phi) is 6.26. The molecule has 1 rings (SSSR count). The minimum absolute atomic E-state index is 0.368. The summed E-state index contributed by atoms with van der Waals surface area (Å²) in [4.78, 5) is 0. The highest BCUT2D eigenvalue weighted by Crippen LogP contribution is 2.21. The van der Waals surface area contributed by atoms with Crippen molar-refractivity contribution in [3.8, 4) is 0 Å². The van der Waals surface area contributed by atoms with Crippen molar-refractivity contribution in [3.63, 3.8) is 0 Å². The van der Waals surface area contributed by atoms with Crippen LogP contribution in [-0.4, -0.2) is 24.8 Å². The second kappa shape index (κ2) is 7.24. The van der Waals surface area contributed by atoms with E-state index in [9.17, 15) is 0 Å². The van der Waals surface area contributed by atoms with E-state index in [4.69, 9.17) is 4.74 Å². The van der Waals surface area contributed by atoms with Gasteiger partial charge in [-0.15, -0.1) is 0 Å². The van der Waals surface area contributed by atoms with Gasteiger partial charge in [0.05, 0.1) is 12.2 Å². The number of ether oxygens (including phenoxy) is 1. The summed E-state index contributed by atoms with van der Waals surface area (Å²) in [7, 11) is 0. The summed E-state index contributed by atoms with van der Waals surface area (Å²) < 4.78 is 5.98. The normalized spacial score (nSPS) is 21.8. The van der Waals surface area contributed by atoms with Gasteiger partial charge in [0, 0.05) is 12.6 Å². The lowest BCUT2D eigenvalue weighted by Crippen LogP contribution is -2.35. The third-order valence-corrected chi connectivity index (χ3v) is 3.20. The van der Waals surface area contributed by atoms with E-state index in [0.717, 1.165) is 6.54 Å². The van der Waals surface area contributed by atoms with Crippen molar-refractivity contribution in [2.75, 3.05) is 6.54 Å². The predicted molar refractivity (Wildman–Crippen MR) is 65.2 cm³/mol. The van der Waals surface area contributed by atoms with E-state index in [2.05, 4.69) is 26.1 Å². The lowest BCUT2D eigenvalue weighted by Gasteiger charge is -2.21. The highest BCUT2D eigenvalue weighted by molar-refractivity contribution is 4.70. The molecule has 0 radical (unpaired) electrons. The van der Waals surface area contributed by atoms with Crippen molar-refractivity contribution in [2.24, 2.45) is 0 Å². The molecule has 0 saturated heterocycles. The van der Waals surface area contributed by atoms with Crippen molar-refractivity contribution in [2.45, 2.75) is 77.5 Å². The first-order chi connectivity index (χ1) is 7.22. The first kappa shape index (κ1) is 13.0. The average Bonchev–Trinajstić information content (AvgIpc) is 2.68. The zero-order chi connectivity index (χ0) is 11.1. The fraction of sp³-hybridized carbons (Fsp3) is 1.00. The minimum atomic E-state index is 0.368. The first-order valence-electron chi connectivity index (χ1n) is 6.61. The van der Waals surface area contributed by atoms with Gasteiger partial charge in [0.15, 0.2) is 0 Å². The Morgan fingerprint density at radius 2 is 1.93 bits per heavy atom. The Hall–Kier alpha value is -0.0800. The van der Waals surface area contributed by atoms with E-state index in [-0.39, 0.29) is 0 Å². The van der Waals surface area contributed by atoms with Crippen molar-refractivity contribution in [1.82, 2.24) is 5.32 Å². The molecule has 15 heavy (non-hydrogen) atoms. The van der Waals surface area contributed by atoms with Gasteiger partial charge in [0.25, 0.3) is 0 Å². The number of rotatable bonds is 7. The van der Waals surface area contributed by atoms with Crippen LogP contribution in [0.5, 0.6) is 0 Å². The Morgan fingerprint density at radius 1 is 1.27 bits per heavy atom. The van der Waals surface area contributed by atoms with Crippen LogP contribution in [-0.2, 0) is 4.74 Å². The molecule has 0 spiro atoms. The molecule has 2 heteroatoms. The number of hydrogen-bond acceptors (Lipinski definition) is 2. The molecule has 90 valence electrons. The Labute approximate surface area is 94.8 Å². The van der Waals surface area contributed by atoms with E-state index in [1.165, 1.54) is 38.5 Å². The van der Waals surface area contributed by atoms with Gasteiger partial charge in [-0.2, -0.15) is 0 Å². The maximum atomic E-state index is 5.98. The Morgan fingerprint density at radius 3 is 2.53 bits per heavy atom. The van der Waals surface area contributed by atoms with Crippen LogP contribution in [0.3, 0.4) is 0 Å². The molecule has 0 bridgehead atoms. The van der Waals surface area contributed by atoms with Crippen molar-refractivity contribution in [3.05, 3.63) is 0 Å². The van der Waals surface area contributed by atoms with Gasteiger partial charge in [0.2, 0.25) is 0 Å². The van der Waals surface area contributed by atoms with Gasteiger partial charge < -0.3 is 10.1 Å². The van der Waals surface area contributed by atoms with Gasteiger partial charge in [-0.25, -0.2) is 0 Å². The summed E-state index contributed by atoms with van der Waals surface area (Å²) in [5.74, 6) is 0. The fourth-order valence-electron chi connectivity index (χ4n) is 2.30. The molecule has 0 aliphatic heterocycles. The quantitative estimate of drug-likeness (QED) is 0.701. The molecule has 1 N–H and O–H groups in total. The molecule has 0 aromatic heterocycles. The van der Waals surface area contributed by atoms with Crippen LogP contribution < -0.4 is 5.32 Å². The fourth-order valence-corrected chi connectivity index (χ4v) is 2.30. The molecular weight excluding hydrogens is 186 g/mol. The highest BCUT2D eigenvalue weighted by atomic mass is 16.5. The molecule has 2 atom stereocenters. The summed E-state index contributed by atoms with van der Waals surface area (Å²) in [6.45, 7) is 7.67. The summed E-state index contributed by atoms with van der Waals surface area (Å²) >= 11 is 0. The SMILES string of the molecule is CCCC(C)NCC(C)OC1CCCC1. The van der Waals surface area contributed by atoms with Crippen LogP contribution in [0, 0.1) is 0 Å². The van der Waals surface area contributed by atoms with E-state index >= 15 is 0 Å². The molecule has 2 nitrogen and oxygen atoms in total. The summed E-state index contributed by atoms with van der Waals surface area (Å²) in [6.07, 6.45) is 8.69. The van der Waals surface area contributed by atoms with E-state index < -0.39 is 0 Å². The zero-order valence-electron chi connectivity index (χ0n) is 10.6. The lowest BCUT2D eigenvalue weighted by atomic mass is 10.2. The van der Waals surface area contributed by atoms with Gasteiger partial charge in [-0.3, -0.25) is 0 Å². The molecule has 1 saturated carbocycles. The maximum Gasteiger partial charge on any atom is 0.0675 e. The van der Waals surface area contributed by atoms with Gasteiger partial charge in [-0.05, 0) is 33.1 Å². The van der Waals surface area contributed by atoms with Gasteiger partial charge in [-0.1, -0.05) is 26.2 Å². The first-order valence-corrected chi connectivity index (χ1v) is 6.61. The van der Waals surface area contributed by atoms with E-state index in [0.29, 0.717) is 18.2 Å². The monoisotopic (exact) mass is 213 g/mol. The maximum absolute atomic E-state index is 5.98. The second-order valence-electron chi connectivity index (χ2n) is 4.95. The molecule has 0 aromatic carbocycles. The molecule has 1 fully saturated rings. The topological polar surface area (TPSA) is 21.3 Å². The standard InChI is InChI=1S/C13H27NO/c1-4-7-11(2)14-10-12(3)15-13-8-5-6-9-13/h11-14H,4-10H2,1-3H3. The number of nitrogens with one attached hydrogen (secondary N) is 1. The third-order valence-electron chi connectivity index (χ3n) is 3.20. The van der Waals surface area contributed by atoms with E-state index in [1.807, 2.05) is 0 Å². The van der Waals surface area contributed by atoms with Crippen LogP contribution in [0.1, 0.15) is 59.3 Å². The molecule has 2 unspecified atom stereocenters. The molecule has 0 aromatic rings. The largest absolute Gasteiger partial charge is 0.374 e. The Bertz CT molecular complexity index is 155. The molecule has 1 aliphatic rings. The minimum Gasteiger partial charge on any atom is -0.374 e. The molecule has 0 heterocycles. The third kappa shape index (κ3) is 5.53. The predicted octanol–water partition coefficient (Wildman–Crippen LogP) is 3.11. The summed E-state index contributed by atoms with van der Waals surface area (Å²) in [5, 5.41) is 3.53. The summed E-state index contributed by atoms with van der Waals surface area (Å²) in [5.41, 5.74) is 0. The molecule has 1 aliphatic carbocycles.